The highest BCUT2D eigenvalue weighted by molar-refractivity contribution is 5.19. The molecular formula is C4H8N4O. The molecular weight excluding hydrogens is 120 g/mol. The van der Waals surface area contributed by atoms with Gasteiger partial charge in [0.1, 0.15) is 6.33 Å². The van der Waals surface area contributed by atoms with Gasteiger partial charge in [-0.05, 0) is 0 Å². The van der Waals surface area contributed by atoms with Crippen LogP contribution in [0.4, 0.5) is 5.95 Å². The Morgan fingerprint density at radius 3 is 3.22 bits per heavy atom. The topological polar surface area (TPSA) is 73.8 Å². The van der Waals surface area contributed by atoms with Crippen molar-refractivity contribution >= 4 is 5.95 Å². The molecule has 5 heteroatoms. The normalized spacial score (nSPS) is 9.44. The molecule has 0 amide bonds. The van der Waals surface area contributed by atoms with Gasteiger partial charge in [-0.3, -0.25) is 0 Å². The molecule has 0 aliphatic carbocycles. The molecule has 0 spiro atoms. The molecule has 0 saturated heterocycles. The number of aliphatic hydroxyl groups is 1. The molecule has 0 bridgehead atoms. The summed E-state index contributed by atoms with van der Waals surface area (Å²) in [6, 6.07) is 0. The minimum Gasteiger partial charge on any atom is -0.395 e. The first kappa shape index (κ1) is 6.03. The molecule has 0 aliphatic heterocycles. The summed E-state index contributed by atoms with van der Waals surface area (Å²) in [4.78, 5) is 3.76. The number of aromatic nitrogens is 3. The smallest absolute Gasteiger partial charge is 0.218 e. The summed E-state index contributed by atoms with van der Waals surface area (Å²) in [6.45, 7) is 0.593. The Hall–Kier alpha value is -1.10. The number of hydrogen-bond donors (Lipinski definition) is 3. The zero-order chi connectivity index (χ0) is 6.53. The molecule has 0 saturated carbocycles. The Morgan fingerprint density at radius 2 is 2.67 bits per heavy atom. The summed E-state index contributed by atoms with van der Waals surface area (Å²) >= 11 is 0. The Kier molecular flexibility index (Phi) is 2.03. The monoisotopic (exact) mass is 128 g/mol. The molecule has 1 heterocycles. The van der Waals surface area contributed by atoms with Crippen molar-refractivity contribution < 1.29 is 5.11 Å². The Morgan fingerprint density at radius 1 is 1.78 bits per heavy atom. The zero-order valence-electron chi connectivity index (χ0n) is 4.83. The van der Waals surface area contributed by atoms with Crippen LogP contribution in [0.25, 0.3) is 0 Å². The Bertz CT molecular complexity index is 150. The lowest BCUT2D eigenvalue weighted by Gasteiger charge is -1.94. The molecule has 1 rings (SSSR count). The van der Waals surface area contributed by atoms with Crippen LogP contribution in [0.1, 0.15) is 0 Å². The van der Waals surface area contributed by atoms with Crippen molar-refractivity contribution in [1.29, 1.82) is 0 Å². The maximum Gasteiger partial charge on any atom is 0.218 e. The van der Waals surface area contributed by atoms with Gasteiger partial charge in [0, 0.05) is 6.54 Å². The van der Waals surface area contributed by atoms with Crippen molar-refractivity contribution in [2.45, 2.75) is 0 Å². The van der Waals surface area contributed by atoms with Crippen LogP contribution in [0.15, 0.2) is 6.33 Å². The van der Waals surface area contributed by atoms with E-state index in [9.17, 15) is 0 Å². The summed E-state index contributed by atoms with van der Waals surface area (Å²) in [5.74, 6) is 0.587. The minimum absolute atomic E-state index is 0.0979. The molecule has 9 heavy (non-hydrogen) atoms. The van der Waals surface area contributed by atoms with Crippen molar-refractivity contribution in [3.63, 3.8) is 0 Å². The van der Waals surface area contributed by atoms with Gasteiger partial charge in [-0.2, -0.15) is 5.10 Å². The van der Waals surface area contributed by atoms with Crippen molar-refractivity contribution in [1.82, 2.24) is 15.2 Å². The molecule has 0 aromatic carbocycles. The van der Waals surface area contributed by atoms with E-state index in [1.54, 1.807) is 0 Å². The van der Waals surface area contributed by atoms with Gasteiger partial charge < -0.3 is 10.4 Å². The lowest BCUT2D eigenvalue weighted by Crippen LogP contribution is -2.06. The summed E-state index contributed by atoms with van der Waals surface area (Å²) in [7, 11) is 0. The van der Waals surface area contributed by atoms with Crippen LogP contribution in [0.5, 0.6) is 0 Å². The van der Waals surface area contributed by atoms with E-state index in [0.717, 1.165) is 0 Å². The van der Waals surface area contributed by atoms with E-state index in [1.807, 2.05) is 0 Å². The largest absolute Gasteiger partial charge is 0.395 e. The van der Waals surface area contributed by atoms with Gasteiger partial charge in [-0.15, -0.1) is 0 Å². The SMILES string of the molecule is OCCNc1ncn[nH]1. The first-order valence-electron chi connectivity index (χ1n) is 2.63. The highest BCUT2D eigenvalue weighted by Gasteiger charge is 1.88. The van der Waals surface area contributed by atoms with Crippen LogP contribution < -0.4 is 5.32 Å². The van der Waals surface area contributed by atoms with Crippen molar-refractivity contribution in [2.75, 3.05) is 18.5 Å². The quantitative estimate of drug-likeness (QED) is 0.498. The van der Waals surface area contributed by atoms with Gasteiger partial charge in [0.25, 0.3) is 0 Å². The standard InChI is InChI=1S/C4H8N4O/c9-2-1-5-4-6-3-7-8-4/h3,9H,1-2H2,(H2,5,6,7,8). The second-order valence-corrected chi connectivity index (χ2v) is 1.48. The van der Waals surface area contributed by atoms with Crippen LogP contribution >= 0.6 is 0 Å². The fourth-order valence-electron chi connectivity index (χ4n) is 0.465. The van der Waals surface area contributed by atoms with Gasteiger partial charge in [-0.25, -0.2) is 10.1 Å². The Balaban J connectivity index is 2.30. The number of aromatic amines is 1. The molecule has 0 unspecified atom stereocenters. The van der Waals surface area contributed by atoms with Crippen LogP contribution in [0, 0.1) is 0 Å². The molecule has 5 nitrogen and oxygen atoms in total. The molecule has 3 N–H and O–H groups in total. The number of anilines is 1. The number of rotatable bonds is 3. The third-order valence-electron chi connectivity index (χ3n) is 0.819. The van der Waals surface area contributed by atoms with Crippen molar-refractivity contribution in [3.05, 3.63) is 6.33 Å². The lowest BCUT2D eigenvalue weighted by molar-refractivity contribution is 0.311. The highest BCUT2D eigenvalue weighted by atomic mass is 16.3. The van der Waals surface area contributed by atoms with Gasteiger partial charge >= 0.3 is 0 Å². The highest BCUT2D eigenvalue weighted by Crippen LogP contribution is 1.88. The first-order valence-corrected chi connectivity index (χ1v) is 2.63. The van der Waals surface area contributed by atoms with Crippen LogP contribution in [0.2, 0.25) is 0 Å². The van der Waals surface area contributed by atoms with E-state index in [0.29, 0.717) is 12.5 Å². The zero-order valence-corrected chi connectivity index (χ0v) is 4.83. The first-order chi connectivity index (χ1) is 4.43. The lowest BCUT2D eigenvalue weighted by atomic mass is 10.7. The third-order valence-corrected chi connectivity index (χ3v) is 0.819. The molecule has 50 valence electrons. The fraction of sp³-hybridized carbons (Fsp3) is 0.500. The summed E-state index contributed by atoms with van der Waals surface area (Å²) < 4.78 is 0. The van der Waals surface area contributed by atoms with Crippen LogP contribution in [0.3, 0.4) is 0 Å². The summed E-state index contributed by atoms with van der Waals surface area (Å²) in [5, 5.41) is 17.3. The van der Waals surface area contributed by atoms with E-state index < -0.39 is 0 Å². The molecule has 0 atom stereocenters. The van der Waals surface area contributed by atoms with Crippen molar-refractivity contribution in [3.8, 4) is 0 Å². The molecule has 1 aromatic heterocycles. The maximum absolute atomic E-state index is 8.34. The minimum atomic E-state index is 0.0979. The number of nitrogens with one attached hydrogen (secondary N) is 2. The third kappa shape index (κ3) is 1.69. The van der Waals surface area contributed by atoms with Crippen LogP contribution in [-0.2, 0) is 0 Å². The number of H-pyrrole nitrogens is 1. The number of nitrogens with zero attached hydrogens (tertiary/aromatic N) is 2. The fourth-order valence-corrected chi connectivity index (χ4v) is 0.465. The summed E-state index contributed by atoms with van der Waals surface area (Å²) in [5.41, 5.74) is 0. The van der Waals surface area contributed by atoms with E-state index in [-0.39, 0.29) is 6.61 Å². The average Bonchev–Trinajstić information content (AvgIpc) is 2.34. The van der Waals surface area contributed by atoms with Gasteiger partial charge in [0.2, 0.25) is 5.95 Å². The van der Waals surface area contributed by atoms with Gasteiger partial charge in [0.05, 0.1) is 6.61 Å². The second kappa shape index (κ2) is 3.03. The maximum atomic E-state index is 8.34. The number of aliphatic hydroxyl groups excluding tert-OH is 1. The molecule has 0 aliphatic rings. The summed E-state index contributed by atoms with van der Waals surface area (Å²) in [6.07, 6.45) is 1.40. The van der Waals surface area contributed by atoms with Crippen LogP contribution in [-0.4, -0.2) is 33.4 Å². The van der Waals surface area contributed by atoms with Crippen molar-refractivity contribution in [2.24, 2.45) is 0 Å². The van der Waals surface area contributed by atoms with E-state index in [1.165, 1.54) is 6.33 Å². The second-order valence-electron chi connectivity index (χ2n) is 1.48. The van der Waals surface area contributed by atoms with E-state index in [4.69, 9.17) is 5.11 Å². The average molecular weight is 128 g/mol. The van der Waals surface area contributed by atoms with Gasteiger partial charge in [0.15, 0.2) is 0 Å². The van der Waals surface area contributed by atoms with Gasteiger partial charge in [-0.1, -0.05) is 0 Å². The molecule has 0 radical (unpaired) electrons. The molecule has 1 aromatic rings. The number of hydrogen-bond acceptors (Lipinski definition) is 4. The van der Waals surface area contributed by atoms with E-state index in [2.05, 4.69) is 20.5 Å². The van der Waals surface area contributed by atoms with E-state index >= 15 is 0 Å². The molecule has 0 fully saturated rings. The predicted octanol–water partition coefficient (Wildman–Crippen LogP) is -0.791. The Labute approximate surface area is 52.1 Å². The predicted molar refractivity (Wildman–Crippen MR) is 32.0 cm³/mol.